The van der Waals surface area contributed by atoms with Crippen LogP contribution in [0.25, 0.3) is 0 Å². The summed E-state index contributed by atoms with van der Waals surface area (Å²) in [5.41, 5.74) is 2.26. The van der Waals surface area contributed by atoms with E-state index in [1.54, 1.807) is 6.92 Å². The molecule has 0 aliphatic heterocycles. The van der Waals surface area contributed by atoms with Crippen molar-refractivity contribution < 1.29 is 9.59 Å². The van der Waals surface area contributed by atoms with E-state index >= 15 is 0 Å². The van der Waals surface area contributed by atoms with Crippen LogP contribution in [0.1, 0.15) is 47.0 Å². The molecule has 0 saturated heterocycles. The Morgan fingerprint density at radius 2 is 1.94 bits per heavy atom. The Morgan fingerprint density at radius 3 is 2.56 bits per heavy atom. The Balaban J connectivity index is 2.51. The molecule has 18 heavy (non-hydrogen) atoms. The van der Waals surface area contributed by atoms with Crippen molar-refractivity contribution in [1.29, 1.82) is 0 Å². The van der Waals surface area contributed by atoms with Crippen LogP contribution in [0.4, 0.5) is 0 Å². The van der Waals surface area contributed by atoms with Crippen LogP contribution in [0, 0.1) is 17.8 Å². The average molecular weight is 246 g/mol. The predicted octanol–water partition coefficient (Wildman–Crippen LogP) is 3.47. The predicted molar refractivity (Wildman–Crippen MR) is 72.1 cm³/mol. The highest BCUT2D eigenvalue weighted by atomic mass is 16.1. The number of rotatable bonds is 2. The second-order valence-corrected chi connectivity index (χ2v) is 5.82. The topological polar surface area (TPSA) is 34.1 Å². The maximum Gasteiger partial charge on any atom is 0.185 e. The lowest BCUT2D eigenvalue weighted by atomic mass is 9.67. The number of allylic oxidation sites excluding steroid dienone is 4. The number of Topliss-reactive ketones (excluding diaryl/α,β-unsaturated/α-hetero) is 1. The fraction of sp³-hybridized carbons (Fsp3) is 0.625. The van der Waals surface area contributed by atoms with Gasteiger partial charge in [-0.2, -0.15) is 0 Å². The molecule has 98 valence electrons. The van der Waals surface area contributed by atoms with Crippen molar-refractivity contribution in [1.82, 2.24) is 0 Å². The van der Waals surface area contributed by atoms with Gasteiger partial charge in [0.1, 0.15) is 0 Å². The molecule has 0 radical (unpaired) electrons. The summed E-state index contributed by atoms with van der Waals surface area (Å²) in [5, 5.41) is 0. The first-order valence-electron chi connectivity index (χ1n) is 6.98. The highest BCUT2D eigenvalue weighted by Crippen LogP contribution is 2.42. The lowest BCUT2D eigenvalue weighted by Gasteiger charge is -2.36. The SMILES string of the molecule is CCC(C)[C@@H]1CCC(C)C2=C1C(=O)C(C)=CC2=O. The van der Waals surface area contributed by atoms with Crippen LogP contribution < -0.4 is 0 Å². The Bertz CT molecular complexity index is 454. The molecule has 2 aliphatic rings. The van der Waals surface area contributed by atoms with E-state index in [1.165, 1.54) is 6.08 Å². The Morgan fingerprint density at radius 1 is 1.28 bits per heavy atom. The van der Waals surface area contributed by atoms with Gasteiger partial charge in [0, 0.05) is 16.7 Å². The summed E-state index contributed by atoms with van der Waals surface area (Å²) in [6.07, 6.45) is 4.65. The van der Waals surface area contributed by atoms with Crippen LogP contribution in [0.5, 0.6) is 0 Å². The van der Waals surface area contributed by atoms with E-state index in [4.69, 9.17) is 0 Å². The largest absolute Gasteiger partial charge is 0.290 e. The molecule has 0 aromatic carbocycles. The van der Waals surface area contributed by atoms with Gasteiger partial charge in [0.05, 0.1) is 0 Å². The summed E-state index contributed by atoms with van der Waals surface area (Å²) < 4.78 is 0. The third kappa shape index (κ3) is 1.98. The van der Waals surface area contributed by atoms with Crippen LogP contribution in [-0.2, 0) is 9.59 Å². The molecule has 2 nitrogen and oxygen atoms in total. The molecule has 0 fully saturated rings. The maximum absolute atomic E-state index is 12.4. The first-order valence-corrected chi connectivity index (χ1v) is 6.98. The van der Waals surface area contributed by atoms with E-state index in [9.17, 15) is 9.59 Å². The van der Waals surface area contributed by atoms with Crippen LogP contribution in [0.3, 0.4) is 0 Å². The van der Waals surface area contributed by atoms with Crippen molar-refractivity contribution in [3.05, 3.63) is 22.8 Å². The fourth-order valence-corrected chi connectivity index (χ4v) is 3.26. The summed E-state index contributed by atoms with van der Waals surface area (Å²) in [4.78, 5) is 24.6. The first-order chi connectivity index (χ1) is 8.47. The number of carbonyl (C=O) groups excluding carboxylic acids is 2. The van der Waals surface area contributed by atoms with Gasteiger partial charge < -0.3 is 0 Å². The fourth-order valence-electron chi connectivity index (χ4n) is 3.26. The molecule has 0 aromatic rings. The summed E-state index contributed by atoms with van der Waals surface area (Å²) >= 11 is 0. The van der Waals surface area contributed by atoms with Crippen molar-refractivity contribution >= 4 is 11.6 Å². The van der Waals surface area contributed by atoms with Crippen molar-refractivity contribution in [2.45, 2.75) is 47.0 Å². The molecule has 0 heterocycles. The van der Waals surface area contributed by atoms with Gasteiger partial charge in [-0.25, -0.2) is 0 Å². The van der Waals surface area contributed by atoms with E-state index in [2.05, 4.69) is 20.8 Å². The summed E-state index contributed by atoms with van der Waals surface area (Å²) in [6, 6.07) is 0. The Labute approximate surface area is 109 Å². The zero-order chi connectivity index (χ0) is 13.4. The highest BCUT2D eigenvalue weighted by Gasteiger charge is 2.38. The van der Waals surface area contributed by atoms with Gasteiger partial charge in [0.2, 0.25) is 0 Å². The lowest BCUT2D eigenvalue weighted by Crippen LogP contribution is -2.33. The number of ketones is 2. The van der Waals surface area contributed by atoms with Crippen molar-refractivity contribution in [3.63, 3.8) is 0 Å². The van der Waals surface area contributed by atoms with E-state index in [1.807, 2.05) is 0 Å². The van der Waals surface area contributed by atoms with Crippen molar-refractivity contribution in [2.75, 3.05) is 0 Å². The standard InChI is InChI=1S/C16H22O2/c1-5-9(2)12-7-6-10(3)14-13(17)8-11(4)16(18)15(12)14/h8-10,12H,5-7H2,1-4H3/t9?,10?,12-/m0/s1. The van der Waals surface area contributed by atoms with Gasteiger partial charge in [0.25, 0.3) is 0 Å². The third-order valence-electron chi connectivity index (χ3n) is 4.61. The molecule has 0 amide bonds. The van der Waals surface area contributed by atoms with Gasteiger partial charge in [-0.05, 0) is 43.6 Å². The maximum atomic E-state index is 12.4. The van der Waals surface area contributed by atoms with Gasteiger partial charge in [0.15, 0.2) is 11.6 Å². The monoisotopic (exact) mass is 246 g/mol. The van der Waals surface area contributed by atoms with Crippen LogP contribution in [-0.4, -0.2) is 11.6 Å². The molecule has 0 aromatic heterocycles. The molecule has 2 unspecified atom stereocenters. The minimum absolute atomic E-state index is 0.0719. The summed E-state index contributed by atoms with van der Waals surface area (Å²) in [5.74, 6) is 1.18. The quantitative estimate of drug-likeness (QED) is 0.699. The zero-order valence-corrected chi connectivity index (χ0v) is 11.7. The molecule has 0 spiro atoms. The van der Waals surface area contributed by atoms with Gasteiger partial charge >= 0.3 is 0 Å². The lowest BCUT2D eigenvalue weighted by molar-refractivity contribution is -0.117. The van der Waals surface area contributed by atoms with E-state index < -0.39 is 0 Å². The highest BCUT2D eigenvalue weighted by molar-refractivity contribution is 6.23. The average Bonchev–Trinajstić information content (AvgIpc) is 2.34. The smallest absolute Gasteiger partial charge is 0.185 e. The Hall–Kier alpha value is -1.18. The van der Waals surface area contributed by atoms with Gasteiger partial charge in [-0.3, -0.25) is 9.59 Å². The van der Waals surface area contributed by atoms with Crippen molar-refractivity contribution in [3.8, 4) is 0 Å². The number of carbonyl (C=O) groups is 2. The van der Waals surface area contributed by atoms with Gasteiger partial charge in [-0.1, -0.05) is 27.2 Å². The molecular weight excluding hydrogens is 224 g/mol. The Kier molecular flexibility index (Phi) is 3.56. The second-order valence-electron chi connectivity index (χ2n) is 5.82. The number of hydrogen-bond acceptors (Lipinski definition) is 2. The van der Waals surface area contributed by atoms with Crippen LogP contribution in [0.15, 0.2) is 22.8 Å². The van der Waals surface area contributed by atoms with Crippen molar-refractivity contribution in [2.24, 2.45) is 17.8 Å². The molecule has 2 heteroatoms. The molecule has 2 aliphatic carbocycles. The molecular formula is C16H22O2. The van der Waals surface area contributed by atoms with E-state index in [0.29, 0.717) is 11.5 Å². The molecule has 0 bridgehead atoms. The summed E-state index contributed by atoms with van der Waals surface area (Å²) in [7, 11) is 0. The number of hydrogen-bond donors (Lipinski definition) is 0. The first kappa shape index (κ1) is 13.3. The van der Waals surface area contributed by atoms with Gasteiger partial charge in [-0.15, -0.1) is 0 Å². The van der Waals surface area contributed by atoms with Crippen LogP contribution >= 0.6 is 0 Å². The van der Waals surface area contributed by atoms with Crippen LogP contribution in [0.2, 0.25) is 0 Å². The van der Waals surface area contributed by atoms with E-state index in [0.717, 1.165) is 30.4 Å². The molecule has 2 rings (SSSR count). The normalized spacial score (nSPS) is 30.1. The zero-order valence-electron chi connectivity index (χ0n) is 11.7. The van der Waals surface area contributed by atoms with E-state index in [-0.39, 0.29) is 23.4 Å². The minimum atomic E-state index is 0.0719. The minimum Gasteiger partial charge on any atom is -0.290 e. The molecule has 3 atom stereocenters. The third-order valence-corrected chi connectivity index (χ3v) is 4.61. The molecule has 0 N–H and O–H groups in total. The second kappa shape index (κ2) is 4.83. The molecule has 0 saturated carbocycles. The summed E-state index contributed by atoms with van der Waals surface area (Å²) in [6.45, 7) is 8.18.